The summed E-state index contributed by atoms with van der Waals surface area (Å²) in [6, 6.07) is 15.7. The number of carbonyl (C=O) groups is 2. The lowest BCUT2D eigenvalue weighted by molar-refractivity contribution is -0.133. The van der Waals surface area contributed by atoms with Crippen molar-refractivity contribution in [3.63, 3.8) is 0 Å². The Labute approximate surface area is 154 Å². The molecule has 1 N–H and O–H groups in total. The Kier molecular flexibility index (Phi) is 5.89. The molecule has 0 radical (unpaired) electrons. The zero-order valence-corrected chi connectivity index (χ0v) is 15.0. The van der Waals surface area contributed by atoms with E-state index < -0.39 is 0 Å². The van der Waals surface area contributed by atoms with E-state index in [4.69, 9.17) is 4.74 Å². The van der Waals surface area contributed by atoms with Crippen LogP contribution in [0.2, 0.25) is 0 Å². The number of rotatable bonds is 7. The molecule has 2 aromatic rings. The summed E-state index contributed by atoms with van der Waals surface area (Å²) in [5.74, 6) is 0.681. The van der Waals surface area contributed by atoms with Gasteiger partial charge >= 0.3 is 0 Å². The molecule has 0 bridgehead atoms. The fourth-order valence-electron chi connectivity index (χ4n) is 3.05. The van der Waals surface area contributed by atoms with Gasteiger partial charge in [0.05, 0.1) is 0 Å². The summed E-state index contributed by atoms with van der Waals surface area (Å²) in [5.41, 5.74) is 3.10. The van der Waals surface area contributed by atoms with Gasteiger partial charge in [0.1, 0.15) is 5.75 Å². The summed E-state index contributed by atoms with van der Waals surface area (Å²) in [6.07, 6.45) is 2.02. The fraction of sp³-hybridized carbons (Fsp3) is 0.333. The molecule has 1 aliphatic heterocycles. The number of carbonyl (C=O) groups excluding carboxylic acids is 2. The number of hydrogen-bond donors (Lipinski definition) is 1. The lowest BCUT2D eigenvalue weighted by Crippen LogP contribution is -2.36. The second kappa shape index (κ2) is 8.52. The van der Waals surface area contributed by atoms with Gasteiger partial charge in [0.25, 0.3) is 5.91 Å². The first-order chi connectivity index (χ1) is 12.7. The van der Waals surface area contributed by atoms with Crippen molar-refractivity contribution in [2.75, 3.05) is 25.0 Å². The van der Waals surface area contributed by atoms with Crippen LogP contribution in [-0.2, 0) is 22.4 Å². The van der Waals surface area contributed by atoms with Gasteiger partial charge in [-0.3, -0.25) is 9.59 Å². The Hall–Kier alpha value is -2.82. The Bertz CT molecular complexity index is 774. The minimum Gasteiger partial charge on any atom is -0.484 e. The molecule has 0 aliphatic carbocycles. The van der Waals surface area contributed by atoms with E-state index in [2.05, 4.69) is 17.4 Å². The van der Waals surface area contributed by atoms with Gasteiger partial charge < -0.3 is 15.0 Å². The third-order valence-electron chi connectivity index (χ3n) is 4.58. The summed E-state index contributed by atoms with van der Waals surface area (Å²) in [6.45, 7) is 3.34. The van der Waals surface area contributed by atoms with Crippen molar-refractivity contribution < 1.29 is 14.3 Å². The quantitative estimate of drug-likeness (QED) is 0.833. The van der Waals surface area contributed by atoms with Gasteiger partial charge in [0, 0.05) is 25.2 Å². The number of nitrogens with one attached hydrogen (secondary N) is 1. The molecule has 2 amide bonds. The van der Waals surface area contributed by atoms with E-state index in [1.54, 1.807) is 6.07 Å². The molecule has 0 saturated carbocycles. The van der Waals surface area contributed by atoms with Crippen molar-refractivity contribution in [3.05, 3.63) is 59.7 Å². The fourth-order valence-corrected chi connectivity index (χ4v) is 3.05. The second-order valence-electron chi connectivity index (χ2n) is 6.36. The highest BCUT2D eigenvalue weighted by atomic mass is 16.5. The van der Waals surface area contributed by atoms with Crippen LogP contribution in [0.15, 0.2) is 48.5 Å². The van der Waals surface area contributed by atoms with Crippen LogP contribution in [0, 0.1) is 0 Å². The first-order valence-corrected chi connectivity index (χ1v) is 9.03. The molecular formula is C21H24N2O3. The van der Waals surface area contributed by atoms with E-state index in [0.717, 1.165) is 17.7 Å². The molecule has 0 atom stereocenters. The van der Waals surface area contributed by atoms with Crippen molar-refractivity contribution in [1.29, 1.82) is 0 Å². The van der Waals surface area contributed by atoms with E-state index in [0.29, 0.717) is 31.7 Å². The SMILES string of the molecule is CCN(CCc1ccccc1)C(=O)COc1ccc2c(c1)CCC(=O)N2. The molecule has 2 aromatic carbocycles. The van der Waals surface area contributed by atoms with Gasteiger partial charge in [0.2, 0.25) is 5.91 Å². The van der Waals surface area contributed by atoms with E-state index in [1.165, 1.54) is 5.56 Å². The molecule has 0 unspecified atom stereocenters. The van der Waals surface area contributed by atoms with Crippen LogP contribution in [0.25, 0.3) is 0 Å². The number of anilines is 1. The monoisotopic (exact) mass is 352 g/mol. The topological polar surface area (TPSA) is 58.6 Å². The van der Waals surface area contributed by atoms with Gasteiger partial charge in [-0.05, 0) is 49.1 Å². The van der Waals surface area contributed by atoms with E-state index in [9.17, 15) is 9.59 Å². The van der Waals surface area contributed by atoms with Crippen LogP contribution in [-0.4, -0.2) is 36.4 Å². The highest BCUT2D eigenvalue weighted by molar-refractivity contribution is 5.94. The first kappa shape index (κ1) is 18.0. The van der Waals surface area contributed by atoms with Gasteiger partial charge in [-0.2, -0.15) is 0 Å². The largest absolute Gasteiger partial charge is 0.484 e. The van der Waals surface area contributed by atoms with Crippen LogP contribution in [0.5, 0.6) is 5.75 Å². The molecule has 26 heavy (non-hydrogen) atoms. The van der Waals surface area contributed by atoms with Gasteiger partial charge in [-0.15, -0.1) is 0 Å². The van der Waals surface area contributed by atoms with Crippen molar-refractivity contribution >= 4 is 17.5 Å². The van der Waals surface area contributed by atoms with E-state index in [1.807, 2.05) is 42.2 Å². The average Bonchev–Trinajstić information content (AvgIpc) is 2.67. The van der Waals surface area contributed by atoms with Crippen LogP contribution >= 0.6 is 0 Å². The number of aryl methyl sites for hydroxylation is 1. The number of ether oxygens (including phenoxy) is 1. The Morgan fingerprint density at radius 2 is 1.96 bits per heavy atom. The van der Waals surface area contributed by atoms with Crippen LogP contribution in [0.1, 0.15) is 24.5 Å². The lowest BCUT2D eigenvalue weighted by atomic mass is 10.0. The summed E-state index contributed by atoms with van der Waals surface area (Å²) in [4.78, 5) is 25.7. The maximum absolute atomic E-state index is 12.4. The molecule has 3 rings (SSSR count). The van der Waals surface area contributed by atoms with Gasteiger partial charge in [0.15, 0.2) is 6.61 Å². The molecular weight excluding hydrogens is 328 g/mol. The zero-order valence-electron chi connectivity index (χ0n) is 15.0. The standard InChI is InChI=1S/C21H24N2O3/c1-2-23(13-12-16-6-4-3-5-7-16)21(25)15-26-18-9-10-19-17(14-18)8-11-20(24)22-19/h3-7,9-10,14H,2,8,11-13,15H2,1H3,(H,22,24). The maximum Gasteiger partial charge on any atom is 0.260 e. The van der Waals surface area contributed by atoms with E-state index in [-0.39, 0.29) is 18.4 Å². The lowest BCUT2D eigenvalue weighted by Gasteiger charge is -2.22. The molecule has 5 nitrogen and oxygen atoms in total. The Morgan fingerprint density at radius 1 is 1.15 bits per heavy atom. The number of likely N-dealkylation sites (N-methyl/N-ethyl adjacent to an activating group) is 1. The van der Waals surface area contributed by atoms with Crippen molar-refractivity contribution in [2.45, 2.75) is 26.2 Å². The van der Waals surface area contributed by atoms with Crippen molar-refractivity contribution in [3.8, 4) is 5.75 Å². The zero-order chi connectivity index (χ0) is 18.4. The molecule has 1 aliphatic rings. The van der Waals surface area contributed by atoms with Crippen LogP contribution < -0.4 is 10.1 Å². The van der Waals surface area contributed by atoms with Crippen molar-refractivity contribution in [2.24, 2.45) is 0 Å². The third-order valence-corrected chi connectivity index (χ3v) is 4.58. The first-order valence-electron chi connectivity index (χ1n) is 9.03. The molecule has 0 saturated heterocycles. The predicted octanol–water partition coefficient (Wildman–Crippen LogP) is 3.04. The van der Waals surface area contributed by atoms with Gasteiger partial charge in [-0.1, -0.05) is 30.3 Å². The summed E-state index contributed by atoms with van der Waals surface area (Å²) in [5, 5.41) is 2.84. The average molecular weight is 352 g/mol. The molecule has 0 fully saturated rings. The molecule has 5 heteroatoms. The van der Waals surface area contributed by atoms with Crippen molar-refractivity contribution in [1.82, 2.24) is 4.90 Å². The molecule has 0 spiro atoms. The number of amides is 2. The highest BCUT2D eigenvalue weighted by Crippen LogP contribution is 2.26. The summed E-state index contributed by atoms with van der Waals surface area (Å²) < 4.78 is 5.69. The predicted molar refractivity (Wildman–Crippen MR) is 101 cm³/mol. The molecule has 136 valence electrons. The number of hydrogen-bond acceptors (Lipinski definition) is 3. The van der Waals surface area contributed by atoms with Gasteiger partial charge in [-0.25, -0.2) is 0 Å². The van der Waals surface area contributed by atoms with E-state index >= 15 is 0 Å². The molecule has 0 aromatic heterocycles. The maximum atomic E-state index is 12.4. The minimum atomic E-state index is -0.0190. The normalized spacial score (nSPS) is 12.9. The molecule has 1 heterocycles. The third kappa shape index (κ3) is 4.63. The Morgan fingerprint density at radius 3 is 2.73 bits per heavy atom. The minimum absolute atomic E-state index is 0.0190. The summed E-state index contributed by atoms with van der Waals surface area (Å²) in [7, 11) is 0. The van der Waals surface area contributed by atoms with Crippen LogP contribution in [0.4, 0.5) is 5.69 Å². The number of nitrogens with zero attached hydrogens (tertiary/aromatic N) is 1. The smallest absolute Gasteiger partial charge is 0.260 e. The number of fused-ring (bicyclic) bond motifs is 1. The summed E-state index contributed by atoms with van der Waals surface area (Å²) >= 11 is 0. The number of benzene rings is 2. The highest BCUT2D eigenvalue weighted by Gasteiger charge is 2.16. The van der Waals surface area contributed by atoms with Crippen LogP contribution in [0.3, 0.4) is 0 Å². The Balaban J connectivity index is 1.53. The second-order valence-corrected chi connectivity index (χ2v) is 6.36.